The molecular formula is C19H14ClF3N2OS. The molecule has 0 fully saturated rings. The first-order valence-electron chi connectivity index (χ1n) is 7.99. The van der Waals surface area contributed by atoms with Crippen LogP contribution in [0.15, 0.2) is 53.9 Å². The summed E-state index contributed by atoms with van der Waals surface area (Å²) in [5.74, 6) is -0.754. The fourth-order valence-corrected chi connectivity index (χ4v) is 3.46. The van der Waals surface area contributed by atoms with Gasteiger partial charge in [-0.2, -0.15) is 13.2 Å². The number of hydrogen-bond acceptors (Lipinski definition) is 3. The molecule has 3 aromatic rings. The molecule has 2 aromatic carbocycles. The number of amides is 1. The minimum absolute atomic E-state index is 0.189. The Morgan fingerprint density at radius 1 is 1.11 bits per heavy atom. The van der Waals surface area contributed by atoms with Crippen molar-refractivity contribution in [3.63, 3.8) is 0 Å². The third-order valence-corrected chi connectivity index (χ3v) is 4.98. The van der Waals surface area contributed by atoms with Crippen molar-refractivity contribution in [2.24, 2.45) is 0 Å². The molecule has 0 spiro atoms. The number of benzene rings is 2. The number of carbonyl (C=O) groups is 1. The molecule has 1 heterocycles. The van der Waals surface area contributed by atoms with Crippen LogP contribution < -0.4 is 5.32 Å². The first kappa shape index (κ1) is 19.4. The maximum absolute atomic E-state index is 13.0. The Morgan fingerprint density at radius 3 is 2.52 bits per heavy atom. The normalized spacial score (nSPS) is 11.4. The zero-order chi connectivity index (χ0) is 19.4. The number of aromatic nitrogens is 1. The quantitative estimate of drug-likeness (QED) is 0.607. The second-order valence-corrected chi connectivity index (χ2v) is 6.99. The number of nitrogens with zero attached hydrogens (tertiary/aromatic N) is 1. The third-order valence-electron chi connectivity index (χ3n) is 3.79. The van der Waals surface area contributed by atoms with Gasteiger partial charge in [-0.3, -0.25) is 4.79 Å². The van der Waals surface area contributed by atoms with Crippen LogP contribution in [0.25, 0.3) is 10.6 Å². The van der Waals surface area contributed by atoms with Crippen molar-refractivity contribution < 1.29 is 18.0 Å². The third kappa shape index (κ3) is 4.87. The summed E-state index contributed by atoms with van der Waals surface area (Å²) >= 11 is 7.32. The first-order valence-corrected chi connectivity index (χ1v) is 9.25. The summed E-state index contributed by atoms with van der Waals surface area (Å²) in [4.78, 5) is 16.6. The van der Waals surface area contributed by atoms with E-state index in [0.29, 0.717) is 11.4 Å². The predicted octanol–water partition coefficient (Wildman–Crippen LogP) is 5.45. The lowest BCUT2D eigenvalue weighted by molar-refractivity contribution is -0.137. The van der Waals surface area contributed by atoms with Gasteiger partial charge in [0.1, 0.15) is 5.01 Å². The van der Waals surface area contributed by atoms with Gasteiger partial charge in [-0.15, -0.1) is 11.3 Å². The van der Waals surface area contributed by atoms with E-state index in [4.69, 9.17) is 11.6 Å². The highest BCUT2D eigenvalue weighted by molar-refractivity contribution is 7.13. The van der Waals surface area contributed by atoms with Gasteiger partial charge in [-0.25, -0.2) is 4.98 Å². The molecule has 3 rings (SSSR count). The summed E-state index contributed by atoms with van der Waals surface area (Å²) in [6, 6.07) is 12.0. The standard InChI is InChI=1S/C19H14ClF3N2OS/c20-13-7-5-12(6-8-13)18-25-14(11-27-18)9-10-24-17(26)15-3-1-2-4-16(15)19(21,22)23/h1-8,11H,9-10H2,(H,24,26). The molecular weight excluding hydrogens is 397 g/mol. The molecule has 0 aliphatic heterocycles. The molecule has 0 saturated carbocycles. The largest absolute Gasteiger partial charge is 0.417 e. The molecule has 27 heavy (non-hydrogen) atoms. The highest BCUT2D eigenvalue weighted by Gasteiger charge is 2.34. The van der Waals surface area contributed by atoms with E-state index in [0.717, 1.165) is 22.3 Å². The minimum Gasteiger partial charge on any atom is -0.352 e. The number of thiazole rings is 1. The molecule has 3 nitrogen and oxygen atoms in total. The summed E-state index contributed by atoms with van der Waals surface area (Å²) in [5.41, 5.74) is 0.361. The monoisotopic (exact) mass is 410 g/mol. The maximum Gasteiger partial charge on any atom is 0.417 e. The van der Waals surface area contributed by atoms with E-state index in [-0.39, 0.29) is 12.1 Å². The Balaban J connectivity index is 1.61. The van der Waals surface area contributed by atoms with Crippen molar-refractivity contribution in [3.8, 4) is 10.6 Å². The minimum atomic E-state index is -4.57. The smallest absolute Gasteiger partial charge is 0.352 e. The molecule has 140 valence electrons. The Kier molecular flexibility index (Phi) is 5.82. The lowest BCUT2D eigenvalue weighted by atomic mass is 10.1. The Morgan fingerprint density at radius 2 is 1.81 bits per heavy atom. The van der Waals surface area contributed by atoms with E-state index in [1.807, 2.05) is 17.5 Å². The highest BCUT2D eigenvalue weighted by Crippen LogP contribution is 2.31. The van der Waals surface area contributed by atoms with Crippen LogP contribution in [0.1, 0.15) is 21.6 Å². The lowest BCUT2D eigenvalue weighted by Crippen LogP contribution is -2.28. The van der Waals surface area contributed by atoms with Crippen LogP contribution >= 0.6 is 22.9 Å². The number of carbonyl (C=O) groups excluding carboxylic acids is 1. The lowest BCUT2D eigenvalue weighted by Gasteiger charge is -2.12. The summed E-state index contributed by atoms with van der Waals surface area (Å²) < 4.78 is 39.0. The number of rotatable bonds is 5. The van der Waals surface area contributed by atoms with Crippen molar-refractivity contribution in [1.29, 1.82) is 0 Å². The molecule has 0 bridgehead atoms. The average Bonchev–Trinajstić information content (AvgIpc) is 3.10. The van der Waals surface area contributed by atoms with Crippen LogP contribution in [0.5, 0.6) is 0 Å². The molecule has 1 amide bonds. The first-order chi connectivity index (χ1) is 12.8. The number of alkyl halides is 3. The Hall–Kier alpha value is -2.38. The van der Waals surface area contributed by atoms with Crippen LogP contribution in [-0.2, 0) is 12.6 Å². The second-order valence-electron chi connectivity index (χ2n) is 5.70. The van der Waals surface area contributed by atoms with Gasteiger partial charge in [0.15, 0.2) is 0 Å². The van der Waals surface area contributed by atoms with Crippen molar-refractivity contribution in [3.05, 3.63) is 75.8 Å². The summed E-state index contributed by atoms with van der Waals surface area (Å²) in [6.07, 6.45) is -4.15. The average molecular weight is 411 g/mol. The van der Waals surface area contributed by atoms with E-state index in [1.54, 1.807) is 12.1 Å². The number of halogens is 4. The van der Waals surface area contributed by atoms with E-state index in [1.165, 1.54) is 29.5 Å². The van der Waals surface area contributed by atoms with Gasteiger partial charge < -0.3 is 5.32 Å². The van der Waals surface area contributed by atoms with E-state index in [9.17, 15) is 18.0 Å². The molecule has 0 saturated heterocycles. The summed E-state index contributed by atoms with van der Waals surface area (Å²) in [6.45, 7) is 0.189. The van der Waals surface area contributed by atoms with E-state index >= 15 is 0 Å². The Bertz CT molecular complexity index is 939. The summed E-state index contributed by atoms with van der Waals surface area (Å²) in [7, 11) is 0. The van der Waals surface area contributed by atoms with Gasteiger partial charge in [0.25, 0.3) is 5.91 Å². The van der Waals surface area contributed by atoms with Gasteiger partial charge in [-0.1, -0.05) is 35.9 Å². The molecule has 0 aliphatic rings. The molecule has 0 radical (unpaired) electrons. The fourth-order valence-electron chi connectivity index (χ4n) is 2.47. The topological polar surface area (TPSA) is 42.0 Å². The molecule has 1 N–H and O–H groups in total. The van der Waals surface area contributed by atoms with Gasteiger partial charge in [0.2, 0.25) is 0 Å². The van der Waals surface area contributed by atoms with Crippen molar-refractivity contribution in [2.75, 3.05) is 6.54 Å². The Labute approximate surface area is 162 Å². The van der Waals surface area contributed by atoms with Crippen molar-refractivity contribution in [2.45, 2.75) is 12.6 Å². The zero-order valence-corrected chi connectivity index (χ0v) is 15.5. The second kappa shape index (κ2) is 8.10. The summed E-state index contributed by atoms with van der Waals surface area (Å²) in [5, 5.41) is 5.84. The van der Waals surface area contributed by atoms with Gasteiger partial charge in [0.05, 0.1) is 16.8 Å². The molecule has 0 aliphatic carbocycles. The van der Waals surface area contributed by atoms with Crippen LogP contribution in [0, 0.1) is 0 Å². The van der Waals surface area contributed by atoms with Crippen molar-refractivity contribution >= 4 is 28.8 Å². The zero-order valence-electron chi connectivity index (χ0n) is 13.9. The van der Waals surface area contributed by atoms with Crippen LogP contribution in [0.3, 0.4) is 0 Å². The predicted molar refractivity (Wildman–Crippen MR) is 100 cm³/mol. The molecule has 8 heteroatoms. The van der Waals surface area contributed by atoms with Crippen molar-refractivity contribution in [1.82, 2.24) is 10.3 Å². The number of hydrogen-bond donors (Lipinski definition) is 1. The van der Waals surface area contributed by atoms with Crippen LogP contribution in [0.4, 0.5) is 13.2 Å². The maximum atomic E-state index is 13.0. The van der Waals surface area contributed by atoms with Gasteiger partial charge in [-0.05, 0) is 24.3 Å². The van der Waals surface area contributed by atoms with Crippen LogP contribution in [0.2, 0.25) is 5.02 Å². The molecule has 1 aromatic heterocycles. The molecule has 0 atom stereocenters. The van der Waals surface area contributed by atoms with E-state index in [2.05, 4.69) is 10.3 Å². The molecule has 0 unspecified atom stereocenters. The van der Waals surface area contributed by atoms with Gasteiger partial charge in [0, 0.05) is 28.9 Å². The van der Waals surface area contributed by atoms with Crippen LogP contribution in [-0.4, -0.2) is 17.4 Å². The fraction of sp³-hybridized carbons (Fsp3) is 0.158. The SMILES string of the molecule is O=C(NCCc1csc(-c2ccc(Cl)cc2)n1)c1ccccc1C(F)(F)F. The number of nitrogens with one attached hydrogen (secondary N) is 1. The van der Waals surface area contributed by atoms with E-state index < -0.39 is 17.6 Å². The van der Waals surface area contributed by atoms with Gasteiger partial charge >= 0.3 is 6.18 Å². The highest BCUT2D eigenvalue weighted by atomic mass is 35.5.